The van der Waals surface area contributed by atoms with Crippen molar-refractivity contribution in [3.63, 3.8) is 0 Å². The minimum absolute atomic E-state index is 0.0398. The van der Waals surface area contributed by atoms with Crippen LogP contribution in [0, 0.1) is 0 Å². The summed E-state index contributed by atoms with van der Waals surface area (Å²) < 4.78 is 22.6. The molecule has 0 saturated heterocycles. The van der Waals surface area contributed by atoms with E-state index in [1.807, 2.05) is 19.0 Å². The SMILES string of the molecule is CNCCCN(C)c1cc(N)cc(S(N)(=O)=O)c1. The van der Waals surface area contributed by atoms with E-state index in [0.29, 0.717) is 5.69 Å². The van der Waals surface area contributed by atoms with Gasteiger partial charge >= 0.3 is 0 Å². The zero-order valence-electron chi connectivity index (χ0n) is 10.7. The lowest BCUT2D eigenvalue weighted by Gasteiger charge is -2.20. The molecule has 0 saturated carbocycles. The van der Waals surface area contributed by atoms with Gasteiger partial charge < -0.3 is 16.0 Å². The summed E-state index contributed by atoms with van der Waals surface area (Å²) in [5.41, 5.74) is 6.82. The Balaban J connectivity index is 2.92. The highest BCUT2D eigenvalue weighted by Crippen LogP contribution is 2.22. The zero-order valence-corrected chi connectivity index (χ0v) is 11.5. The summed E-state index contributed by atoms with van der Waals surface area (Å²) >= 11 is 0. The molecule has 1 aromatic carbocycles. The summed E-state index contributed by atoms with van der Waals surface area (Å²) in [6.45, 7) is 1.70. The Morgan fingerprint density at radius 1 is 1.33 bits per heavy atom. The van der Waals surface area contributed by atoms with Crippen molar-refractivity contribution >= 4 is 21.4 Å². The summed E-state index contributed by atoms with van der Waals surface area (Å²) in [6, 6.07) is 4.62. The average Bonchev–Trinajstić information content (AvgIpc) is 2.27. The minimum atomic E-state index is -3.73. The molecule has 0 amide bonds. The summed E-state index contributed by atoms with van der Waals surface area (Å²) in [7, 11) is 0.0492. The topological polar surface area (TPSA) is 101 Å². The number of rotatable bonds is 6. The van der Waals surface area contributed by atoms with Crippen LogP contribution >= 0.6 is 0 Å². The molecule has 0 radical (unpaired) electrons. The highest BCUT2D eigenvalue weighted by Gasteiger charge is 2.11. The predicted molar refractivity (Wildman–Crippen MR) is 74.0 cm³/mol. The van der Waals surface area contributed by atoms with Gasteiger partial charge in [0.2, 0.25) is 10.0 Å². The second-order valence-corrected chi connectivity index (χ2v) is 5.75. The summed E-state index contributed by atoms with van der Waals surface area (Å²) in [4.78, 5) is 1.99. The first-order chi connectivity index (χ1) is 8.34. The van der Waals surface area contributed by atoms with Gasteiger partial charge in [-0.25, -0.2) is 13.6 Å². The maximum absolute atomic E-state index is 11.3. The van der Waals surface area contributed by atoms with Crippen LogP contribution in [0.25, 0.3) is 0 Å². The van der Waals surface area contributed by atoms with Crippen molar-refractivity contribution in [2.45, 2.75) is 11.3 Å². The van der Waals surface area contributed by atoms with E-state index in [0.717, 1.165) is 25.2 Å². The van der Waals surface area contributed by atoms with E-state index in [1.165, 1.54) is 12.1 Å². The second-order valence-electron chi connectivity index (χ2n) is 4.18. The monoisotopic (exact) mass is 272 g/mol. The molecule has 0 heterocycles. The van der Waals surface area contributed by atoms with Gasteiger partial charge in [0.1, 0.15) is 0 Å². The number of nitrogens with zero attached hydrogens (tertiary/aromatic N) is 1. The molecular formula is C11H20N4O2S. The lowest BCUT2D eigenvalue weighted by atomic mass is 10.2. The fourth-order valence-electron chi connectivity index (χ4n) is 1.61. The number of nitrogen functional groups attached to an aromatic ring is 1. The molecule has 7 heteroatoms. The van der Waals surface area contributed by atoms with E-state index in [4.69, 9.17) is 10.9 Å². The van der Waals surface area contributed by atoms with Crippen LogP contribution in [-0.4, -0.2) is 35.6 Å². The number of nitrogens with two attached hydrogens (primary N) is 2. The number of benzene rings is 1. The minimum Gasteiger partial charge on any atom is -0.399 e. The fourth-order valence-corrected chi connectivity index (χ4v) is 2.20. The Morgan fingerprint density at radius 2 is 2.00 bits per heavy atom. The van der Waals surface area contributed by atoms with Crippen LogP contribution in [-0.2, 0) is 10.0 Å². The molecule has 0 aliphatic heterocycles. The molecule has 0 aliphatic carbocycles. The molecule has 0 aromatic heterocycles. The smallest absolute Gasteiger partial charge is 0.238 e. The number of sulfonamides is 1. The number of hydrogen-bond acceptors (Lipinski definition) is 5. The van der Waals surface area contributed by atoms with E-state index in [2.05, 4.69) is 5.32 Å². The first-order valence-corrected chi connectivity index (χ1v) is 7.18. The Labute approximate surface area is 108 Å². The van der Waals surface area contributed by atoms with Gasteiger partial charge in [0.15, 0.2) is 0 Å². The highest BCUT2D eigenvalue weighted by atomic mass is 32.2. The molecule has 6 nitrogen and oxygen atoms in total. The van der Waals surface area contributed by atoms with Gasteiger partial charge in [-0.05, 0) is 38.2 Å². The van der Waals surface area contributed by atoms with Gasteiger partial charge in [-0.15, -0.1) is 0 Å². The fraction of sp³-hybridized carbons (Fsp3) is 0.455. The van der Waals surface area contributed by atoms with Crippen LogP contribution < -0.4 is 21.1 Å². The first-order valence-electron chi connectivity index (χ1n) is 5.63. The third-order valence-electron chi connectivity index (χ3n) is 2.60. The van der Waals surface area contributed by atoms with E-state index in [9.17, 15) is 8.42 Å². The van der Waals surface area contributed by atoms with Gasteiger partial charge in [0.25, 0.3) is 0 Å². The number of nitrogens with one attached hydrogen (secondary N) is 1. The van der Waals surface area contributed by atoms with E-state index < -0.39 is 10.0 Å². The van der Waals surface area contributed by atoms with Crippen molar-refractivity contribution in [2.24, 2.45) is 5.14 Å². The second kappa shape index (κ2) is 6.03. The largest absolute Gasteiger partial charge is 0.399 e. The summed E-state index contributed by atoms with van der Waals surface area (Å²) in [5, 5.41) is 8.16. The van der Waals surface area contributed by atoms with Gasteiger partial charge in [-0.1, -0.05) is 0 Å². The van der Waals surface area contributed by atoms with Crippen molar-refractivity contribution in [3.05, 3.63) is 18.2 Å². The maximum atomic E-state index is 11.3. The van der Waals surface area contributed by atoms with Gasteiger partial charge in [0.05, 0.1) is 4.90 Å². The molecule has 0 atom stereocenters. The molecule has 102 valence electrons. The molecule has 1 rings (SSSR count). The normalized spacial score (nSPS) is 11.5. The van der Waals surface area contributed by atoms with Crippen LogP contribution in [0.2, 0.25) is 0 Å². The van der Waals surface area contributed by atoms with Crippen LogP contribution in [0.5, 0.6) is 0 Å². The van der Waals surface area contributed by atoms with Crippen molar-refractivity contribution in [3.8, 4) is 0 Å². The summed E-state index contributed by atoms with van der Waals surface area (Å²) in [5.74, 6) is 0. The number of primary sulfonamides is 1. The van der Waals surface area contributed by atoms with Gasteiger partial charge in [-0.3, -0.25) is 0 Å². The van der Waals surface area contributed by atoms with Crippen LogP contribution in [0.1, 0.15) is 6.42 Å². The molecular weight excluding hydrogens is 252 g/mol. The van der Waals surface area contributed by atoms with Crippen molar-refractivity contribution < 1.29 is 8.42 Å². The van der Waals surface area contributed by atoms with E-state index in [-0.39, 0.29) is 4.90 Å². The van der Waals surface area contributed by atoms with Gasteiger partial charge in [0, 0.05) is 25.0 Å². The Kier molecular flexibility index (Phi) is 4.94. The quantitative estimate of drug-likeness (QED) is 0.498. The highest BCUT2D eigenvalue weighted by molar-refractivity contribution is 7.89. The zero-order chi connectivity index (χ0) is 13.8. The van der Waals surface area contributed by atoms with Crippen molar-refractivity contribution in [1.29, 1.82) is 0 Å². The third kappa shape index (κ3) is 4.17. The van der Waals surface area contributed by atoms with Crippen LogP contribution in [0.4, 0.5) is 11.4 Å². The van der Waals surface area contributed by atoms with Crippen molar-refractivity contribution in [1.82, 2.24) is 5.32 Å². The molecule has 0 aliphatic rings. The number of anilines is 2. The lowest BCUT2D eigenvalue weighted by molar-refractivity contribution is 0.598. The Bertz CT molecular complexity index is 502. The molecule has 0 bridgehead atoms. The maximum Gasteiger partial charge on any atom is 0.238 e. The van der Waals surface area contributed by atoms with E-state index >= 15 is 0 Å². The number of hydrogen-bond donors (Lipinski definition) is 3. The third-order valence-corrected chi connectivity index (χ3v) is 3.50. The molecule has 18 heavy (non-hydrogen) atoms. The van der Waals surface area contributed by atoms with Crippen LogP contribution in [0.15, 0.2) is 23.1 Å². The first kappa shape index (κ1) is 14.7. The van der Waals surface area contributed by atoms with Crippen LogP contribution in [0.3, 0.4) is 0 Å². The lowest BCUT2D eigenvalue weighted by Crippen LogP contribution is -2.23. The van der Waals surface area contributed by atoms with Crippen molar-refractivity contribution in [2.75, 3.05) is 37.8 Å². The van der Waals surface area contributed by atoms with Gasteiger partial charge in [-0.2, -0.15) is 0 Å². The standard InChI is InChI=1S/C11H20N4O2S/c1-14-4-3-5-15(2)10-6-9(12)7-11(8-10)18(13,16)17/h6-8,14H,3-5,12H2,1-2H3,(H2,13,16,17). The Morgan fingerprint density at radius 3 is 2.56 bits per heavy atom. The Hall–Kier alpha value is -1.31. The molecule has 5 N–H and O–H groups in total. The molecule has 0 fully saturated rings. The summed E-state index contributed by atoms with van der Waals surface area (Å²) in [6.07, 6.45) is 0.951. The molecule has 1 aromatic rings. The predicted octanol–water partition coefficient (Wildman–Crippen LogP) is -0.0381. The average molecular weight is 272 g/mol. The van der Waals surface area contributed by atoms with E-state index in [1.54, 1.807) is 6.07 Å². The molecule has 0 spiro atoms. The molecule has 0 unspecified atom stereocenters.